The van der Waals surface area contributed by atoms with Crippen LogP contribution in [0.15, 0.2) is 76.6 Å². The molecular weight excluding hydrogens is 747 g/mol. The van der Waals surface area contributed by atoms with E-state index in [1.807, 2.05) is 12.1 Å². The third kappa shape index (κ3) is 6.38. The largest absolute Gasteiger partial charge is 0.493 e. The third-order valence-corrected chi connectivity index (χ3v) is 13.5. The van der Waals surface area contributed by atoms with Crippen molar-refractivity contribution in [3.8, 4) is 11.5 Å². The van der Waals surface area contributed by atoms with Gasteiger partial charge in [-0.05, 0) is 104 Å². The molecule has 1 aromatic heterocycles. The lowest BCUT2D eigenvalue weighted by molar-refractivity contribution is -0.123. The molecule has 2 N–H and O–H groups in total. The van der Waals surface area contributed by atoms with Crippen molar-refractivity contribution in [2.45, 2.75) is 36.5 Å². The van der Waals surface area contributed by atoms with Gasteiger partial charge in [0.1, 0.15) is 0 Å². The van der Waals surface area contributed by atoms with Crippen molar-refractivity contribution in [3.05, 3.63) is 98.0 Å². The average Bonchev–Trinajstić information content (AvgIpc) is 3.93. The first kappa shape index (κ1) is 36.6. The van der Waals surface area contributed by atoms with Gasteiger partial charge in [0.25, 0.3) is 5.91 Å². The first-order chi connectivity index (χ1) is 26.6. The second-order valence-corrected chi connectivity index (χ2v) is 16.0. The molecule has 8 rings (SSSR count). The number of methoxy groups -OCH3 is 1. The molecule has 4 aromatic rings. The fourth-order valence-electron chi connectivity index (χ4n) is 8.85. The Morgan fingerprint density at radius 1 is 0.836 bits per heavy atom. The Morgan fingerprint density at radius 3 is 2.11 bits per heavy atom. The molecule has 3 amide bonds. The van der Waals surface area contributed by atoms with E-state index in [1.165, 1.54) is 12.0 Å². The highest BCUT2D eigenvalue weighted by Gasteiger charge is 2.69. The van der Waals surface area contributed by atoms with Gasteiger partial charge in [-0.25, -0.2) is 9.59 Å². The van der Waals surface area contributed by atoms with Crippen molar-refractivity contribution in [2.24, 2.45) is 29.6 Å². The number of anilines is 2. The molecule has 1 saturated heterocycles. The Bertz CT molecular complexity index is 2250. The molecule has 6 unspecified atom stereocenters. The smallest absolute Gasteiger partial charge is 0.338 e. The fourth-order valence-corrected chi connectivity index (χ4v) is 11.7. The minimum atomic E-state index is -0.506. The van der Waals surface area contributed by atoms with Gasteiger partial charge in [0, 0.05) is 21.7 Å². The van der Waals surface area contributed by atoms with Crippen LogP contribution in [-0.2, 0) is 23.9 Å². The maximum absolute atomic E-state index is 14.2. The second kappa shape index (κ2) is 14.7. The second-order valence-electron chi connectivity index (χ2n) is 13.8. The zero-order valence-corrected chi connectivity index (χ0v) is 31.7. The van der Waals surface area contributed by atoms with Gasteiger partial charge in [0.05, 0.1) is 54.0 Å². The molecule has 3 fully saturated rings. The maximum atomic E-state index is 14.2. The molecule has 2 saturated carbocycles. The molecule has 55 heavy (non-hydrogen) atoms. The summed E-state index contributed by atoms with van der Waals surface area (Å²) in [5.74, 6) is -2.54. The third-order valence-electron chi connectivity index (χ3n) is 10.9. The predicted octanol–water partition coefficient (Wildman–Crippen LogP) is 5.49. The van der Waals surface area contributed by atoms with Crippen LogP contribution in [0.3, 0.4) is 0 Å². The number of ether oxygens (including phenoxy) is 4. The summed E-state index contributed by atoms with van der Waals surface area (Å²) in [5, 5.41) is 3.51. The van der Waals surface area contributed by atoms with Gasteiger partial charge in [-0.15, -0.1) is 11.8 Å². The number of carbonyl (C=O) groups is 5. The number of aromatic nitrogens is 1. The van der Waals surface area contributed by atoms with E-state index in [2.05, 4.69) is 10.3 Å². The minimum Gasteiger partial charge on any atom is -0.493 e. The predicted molar refractivity (Wildman–Crippen MR) is 203 cm³/mol. The van der Waals surface area contributed by atoms with E-state index in [1.54, 1.807) is 80.2 Å². The number of nitrogens with zero attached hydrogens (tertiary/aromatic N) is 1. The summed E-state index contributed by atoms with van der Waals surface area (Å²) in [4.78, 5) is 83.0. The molecule has 3 aromatic carbocycles. The molecular formula is C40H37N3O10S2. The topological polar surface area (TPSA) is 170 Å². The lowest BCUT2D eigenvalue weighted by atomic mass is 9.68. The number of carbonyl (C=O) groups excluding carboxylic acids is 5. The average molecular weight is 784 g/mol. The van der Waals surface area contributed by atoms with Crippen LogP contribution in [0.1, 0.15) is 57.3 Å². The van der Waals surface area contributed by atoms with Gasteiger partial charge in [0.15, 0.2) is 18.1 Å². The number of thioether (sulfide) groups is 1. The zero-order valence-electron chi connectivity index (χ0n) is 30.1. The van der Waals surface area contributed by atoms with E-state index in [-0.39, 0.29) is 65.4 Å². The highest BCUT2D eigenvalue weighted by Crippen LogP contribution is 2.68. The highest BCUT2D eigenvalue weighted by molar-refractivity contribution is 8.00. The van der Waals surface area contributed by atoms with Crippen LogP contribution in [0.4, 0.5) is 11.4 Å². The number of nitrogens with one attached hydrogen (secondary N) is 2. The first-order valence-electron chi connectivity index (χ1n) is 18.0. The van der Waals surface area contributed by atoms with Crippen molar-refractivity contribution in [3.63, 3.8) is 0 Å². The van der Waals surface area contributed by atoms with Gasteiger partial charge in [0.2, 0.25) is 11.8 Å². The van der Waals surface area contributed by atoms with Crippen LogP contribution in [0.25, 0.3) is 0 Å². The number of benzene rings is 3. The van der Waals surface area contributed by atoms with Crippen molar-refractivity contribution in [1.82, 2.24) is 4.98 Å². The lowest BCUT2D eigenvalue weighted by Gasteiger charge is -2.43. The molecule has 4 aliphatic rings. The maximum Gasteiger partial charge on any atom is 0.338 e. The number of amides is 3. The Labute approximate surface area is 323 Å². The number of esters is 2. The lowest BCUT2D eigenvalue weighted by Crippen LogP contribution is -2.42. The quantitative estimate of drug-likeness (QED) is 0.146. The van der Waals surface area contributed by atoms with Crippen LogP contribution < -0.4 is 24.6 Å². The molecule has 0 spiro atoms. The Kier molecular flexibility index (Phi) is 9.76. The number of thiazole rings is 1. The molecule has 13 nitrogen and oxygen atoms in total. The first-order valence-corrected chi connectivity index (χ1v) is 19.7. The molecule has 2 aliphatic heterocycles. The van der Waals surface area contributed by atoms with Crippen LogP contribution in [0.2, 0.25) is 0 Å². The summed E-state index contributed by atoms with van der Waals surface area (Å²) < 4.78 is 21.7. The number of rotatable bonds is 11. The summed E-state index contributed by atoms with van der Waals surface area (Å²) in [6.45, 7) is 3.64. The van der Waals surface area contributed by atoms with E-state index in [9.17, 15) is 28.8 Å². The van der Waals surface area contributed by atoms with E-state index in [4.69, 9.17) is 18.9 Å². The van der Waals surface area contributed by atoms with Crippen LogP contribution in [0.5, 0.6) is 11.5 Å². The van der Waals surface area contributed by atoms with E-state index >= 15 is 0 Å². The van der Waals surface area contributed by atoms with Crippen LogP contribution >= 0.6 is 23.1 Å². The molecule has 2 bridgehead atoms. The van der Waals surface area contributed by atoms with Crippen LogP contribution in [0, 0.1) is 29.6 Å². The Balaban J connectivity index is 1.02. The van der Waals surface area contributed by atoms with Crippen molar-refractivity contribution < 1.29 is 42.9 Å². The monoisotopic (exact) mass is 783 g/mol. The van der Waals surface area contributed by atoms with Crippen molar-refractivity contribution in [1.29, 1.82) is 0 Å². The van der Waals surface area contributed by atoms with E-state index in [0.29, 0.717) is 34.0 Å². The Hall–Kier alpha value is -5.41. The SMILES string of the molecule is CCOC(=O)c1ccc(NC(=O)COc2ccc([C@H]3c4sc(=O)[nH]c4SC4C5CC(C6C(=O)N(c7ccc(C(=O)OCC)cc7)C(=O)C56)C43)cc2OC)cc1. The highest BCUT2D eigenvalue weighted by atomic mass is 32.2. The summed E-state index contributed by atoms with van der Waals surface area (Å²) in [7, 11) is 1.51. The summed E-state index contributed by atoms with van der Waals surface area (Å²) >= 11 is 2.75. The van der Waals surface area contributed by atoms with E-state index in [0.717, 1.165) is 33.2 Å². The van der Waals surface area contributed by atoms with E-state index < -0.39 is 29.7 Å². The standard InChI is InChI=1S/C40H37N3O10S2/c1-4-51-38(47)19-6-11-22(12-7-19)41-28(44)18-53-26-15-10-21(16-27(26)50-3)29-30-24-17-25(33(30)54-35-34(29)55-40(49)42-35)32-31(24)36(45)43(37(32)46)23-13-8-20(9-14-23)39(48)52-5-2/h6-16,24-25,29-33H,4-5,17-18H2,1-3H3,(H,41,44)(H,42,49)/t24?,25?,29-,30?,31?,32?,33?/m1/s1. The van der Waals surface area contributed by atoms with Gasteiger partial charge in [-0.2, -0.15) is 0 Å². The number of aromatic amines is 1. The molecule has 284 valence electrons. The normalized spacial score (nSPS) is 24.5. The number of fused-ring (bicyclic) bond motifs is 9. The zero-order chi connectivity index (χ0) is 38.5. The summed E-state index contributed by atoms with van der Waals surface area (Å²) in [5.41, 5.74) is 2.49. The molecule has 3 heterocycles. The summed E-state index contributed by atoms with van der Waals surface area (Å²) in [6.07, 6.45) is 0.722. The minimum absolute atomic E-state index is 0.0196. The van der Waals surface area contributed by atoms with Gasteiger partial charge < -0.3 is 29.2 Å². The number of imide groups is 1. The van der Waals surface area contributed by atoms with Crippen molar-refractivity contribution in [2.75, 3.05) is 37.1 Å². The number of hydrogen-bond donors (Lipinski definition) is 2. The fraction of sp³-hybridized carbons (Fsp3) is 0.350. The molecule has 7 atom stereocenters. The van der Waals surface area contributed by atoms with Gasteiger partial charge in [-0.3, -0.25) is 24.1 Å². The van der Waals surface area contributed by atoms with Gasteiger partial charge >= 0.3 is 16.8 Å². The Morgan fingerprint density at radius 2 is 1.47 bits per heavy atom. The van der Waals surface area contributed by atoms with Crippen LogP contribution in [-0.4, -0.2) is 66.8 Å². The molecule has 0 radical (unpaired) electrons. The van der Waals surface area contributed by atoms with Gasteiger partial charge in [-0.1, -0.05) is 17.4 Å². The summed E-state index contributed by atoms with van der Waals surface area (Å²) in [6, 6.07) is 18.2. The molecule has 2 aliphatic carbocycles. The van der Waals surface area contributed by atoms with Crippen molar-refractivity contribution >= 4 is 64.1 Å². The number of hydrogen-bond acceptors (Lipinski definition) is 12. The number of H-pyrrole nitrogens is 1. The molecule has 15 heteroatoms.